The summed E-state index contributed by atoms with van der Waals surface area (Å²) in [7, 11) is 0. The Kier molecular flexibility index (Phi) is 9.15. The van der Waals surface area contributed by atoms with Crippen LogP contribution in [-0.2, 0) is 12.8 Å². The first-order valence-corrected chi connectivity index (χ1v) is 9.85. The fourth-order valence-corrected chi connectivity index (χ4v) is 4.39. The Morgan fingerprint density at radius 3 is 2.39 bits per heavy atom. The zero-order valence-corrected chi connectivity index (χ0v) is 20.6. The molecule has 0 spiro atoms. The fraction of sp³-hybridized carbons (Fsp3) is 0.182. The van der Waals surface area contributed by atoms with E-state index in [2.05, 4.69) is 11.4 Å². The number of carbonyl (C=O) groups is 1. The predicted octanol–water partition coefficient (Wildman–Crippen LogP) is 0.482. The van der Waals surface area contributed by atoms with Crippen LogP contribution in [0.2, 0.25) is 0 Å². The number of anilines is 1. The molecule has 3 rings (SSSR count). The summed E-state index contributed by atoms with van der Waals surface area (Å²) in [6, 6.07) is 9.93. The van der Waals surface area contributed by atoms with E-state index in [4.69, 9.17) is 10.5 Å². The van der Waals surface area contributed by atoms with Gasteiger partial charge in [-0.3, -0.25) is 4.79 Å². The molecule has 0 amide bonds. The molecule has 1 aromatic heterocycles. The maximum Gasteiger partial charge on any atom is 1.00 e. The van der Waals surface area contributed by atoms with E-state index in [-0.39, 0.29) is 62.6 Å². The molecule has 1 N–H and O–H groups in total. The first-order valence-electron chi connectivity index (χ1n) is 9.03. The van der Waals surface area contributed by atoms with E-state index < -0.39 is 22.9 Å². The van der Waals surface area contributed by atoms with Gasteiger partial charge in [-0.1, -0.05) is 5.76 Å². The molecule has 1 aliphatic rings. The molecule has 1 aromatic carbocycles. The molecule has 0 fully saturated rings. The van der Waals surface area contributed by atoms with Crippen molar-refractivity contribution in [3.8, 4) is 18.2 Å². The van der Waals surface area contributed by atoms with E-state index in [9.17, 15) is 19.6 Å². The molecule has 0 bridgehead atoms. The first kappa shape index (κ1) is 25.0. The molecule has 148 valence electrons. The van der Waals surface area contributed by atoms with Gasteiger partial charge in [-0.25, -0.2) is 4.39 Å². The molecule has 0 unspecified atom stereocenters. The van der Waals surface area contributed by atoms with Crippen molar-refractivity contribution in [2.24, 2.45) is 0 Å². The fourth-order valence-electron chi connectivity index (χ4n) is 3.14. The Balaban J connectivity index is 0.00000341. The van der Waals surface area contributed by atoms with Gasteiger partial charge in [0.25, 0.3) is 0 Å². The second kappa shape index (κ2) is 11.4. The number of allylic oxidation sites excluding steroid dienone is 2. The number of aryl methyl sites for hydroxylation is 1. The Hall–Kier alpha value is -2.29. The van der Waals surface area contributed by atoms with Crippen molar-refractivity contribution < 1.29 is 65.7 Å². The standard InChI is InChI=1S/C22H15FN4O2S.K/c23-15-7-5-13(6-8-15)19(28)9-18(21(29)14(10-24)11-25)27-22-17(12-26)16-3-1-2-4-20(16)30-22;/h5-9,27,29H,1-4H2;/q;+1/p-1. The van der Waals surface area contributed by atoms with Crippen LogP contribution in [-0.4, -0.2) is 5.78 Å². The second-order valence-corrected chi connectivity index (χ2v) is 7.61. The predicted molar refractivity (Wildman–Crippen MR) is 106 cm³/mol. The minimum atomic E-state index is -0.953. The van der Waals surface area contributed by atoms with Crippen molar-refractivity contribution in [3.05, 3.63) is 74.8 Å². The van der Waals surface area contributed by atoms with E-state index in [0.29, 0.717) is 10.6 Å². The summed E-state index contributed by atoms with van der Waals surface area (Å²) in [5.41, 5.74) is 0.471. The van der Waals surface area contributed by atoms with Crippen LogP contribution in [0.3, 0.4) is 0 Å². The minimum Gasteiger partial charge on any atom is -0.870 e. The van der Waals surface area contributed by atoms with Crippen LogP contribution in [0, 0.1) is 39.8 Å². The number of benzene rings is 1. The van der Waals surface area contributed by atoms with Gasteiger partial charge in [0.05, 0.1) is 5.56 Å². The maximum atomic E-state index is 13.1. The first-order chi connectivity index (χ1) is 14.5. The molecule has 0 atom stereocenters. The summed E-state index contributed by atoms with van der Waals surface area (Å²) >= 11 is 1.32. The van der Waals surface area contributed by atoms with Crippen LogP contribution >= 0.6 is 11.3 Å². The molecule has 2 aromatic rings. The van der Waals surface area contributed by atoms with E-state index in [1.54, 1.807) is 0 Å². The monoisotopic (exact) mass is 456 g/mol. The van der Waals surface area contributed by atoms with Gasteiger partial charge in [-0.15, -0.1) is 11.3 Å². The molecule has 0 saturated carbocycles. The van der Waals surface area contributed by atoms with Gasteiger partial charge in [0.15, 0.2) is 5.78 Å². The summed E-state index contributed by atoms with van der Waals surface area (Å²) in [6.45, 7) is 0. The number of halogens is 1. The zero-order valence-electron chi connectivity index (χ0n) is 16.7. The number of nitriles is 3. The number of hydrogen-bond donors (Lipinski definition) is 1. The molecular weight excluding hydrogens is 442 g/mol. The number of carbonyl (C=O) groups excluding carboxylic acids is 1. The van der Waals surface area contributed by atoms with Crippen molar-refractivity contribution in [2.75, 3.05) is 5.32 Å². The number of rotatable bonds is 5. The Bertz CT molecular complexity index is 1180. The van der Waals surface area contributed by atoms with Crippen LogP contribution < -0.4 is 61.8 Å². The SMILES string of the molecule is N#CC(C#N)=C([O-])C(=CC(=O)c1ccc(F)cc1)Nc1sc2c(c1C#N)CCCC2.[K+]. The summed E-state index contributed by atoms with van der Waals surface area (Å²) < 4.78 is 13.1. The average Bonchev–Trinajstić information content (AvgIpc) is 3.11. The maximum absolute atomic E-state index is 13.1. The number of hydrogen-bond acceptors (Lipinski definition) is 7. The van der Waals surface area contributed by atoms with Crippen LogP contribution in [0.15, 0.2) is 47.4 Å². The molecule has 9 heteroatoms. The van der Waals surface area contributed by atoms with Crippen LogP contribution in [0.4, 0.5) is 9.39 Å². The van der Waals surface area contributed by atoms with Crippen LogP contribution in [0.1, 0.15) is 39.2 Å². The summed E-state index contributed by atoms with van der Waals surface area (Å²) in [4.78, 5) is 13.6. The van der Waals surface area contributed by atoms with Gasteiger partial charge in [0.2, 0.25) is 0 Å². The quantitative estimate of drug-likeness (QED) is 0.174. The van der Waals surface area contributed by atoms with Gasteiger partial charge in [-0.2, -0.15) is 15.8 Å². The van der Waals surface area contributed by atoms with Gasteiger partial charge in [0, 0.05) is 22.2 Å². The summed E-state index contributed by atoms with van der Waals surface area (Å²) in [5.74, 6) is -2.08. The molecule has 1 aliphatic carbocycles. The van der Waals surface area contributed by atoms with E-state index in [0.717, 1.165) is 54.3 Å². The van der Waals surface area contributed by atoms with Gasteiger partial charge >= 0.3 is 51.4 Å². The third-order valence-corrected chi connectivity index (χ3v) is 5.84. The van der Waals surface area contributed by atoms with Gasteiger partial charge < -0.3 is 10.4 Å². The van der Waals surface area contributed by atoms with Crippen molar-refractivity contribution in [3.63, 3.8) is 0 Å². The topological polar surface area (TPSA) is 124 Å². The number of nitrogens with one attached hydrogen (secondary N) is 1. The smallest absolute Gasteiger partial charge is 0.870 e. The number of thiophene rings is 1. The third kappa shape index (κ3) is 5.69. The largest absolute Gasteiger partial charge is 1.00 e. The van der Waals surface area contributed by atoms with E-state index in [1.807, 2.05) is 0 Å². The minimum absolute atomic E-state index is 0. The van der Waals surface area contributed by atoms with Crippen LogP contribution in [0.5, 0.6) is 0 Å². The summed E-state index contributed by atoms with van der Waals surface area (Å²) in [6.07, 6.45) is 4.51. The third-order valence-electron chi connectivity index (χ3n) is 4.63. The van der Waals surface area contributed by atoms with Crippen LogP contribution in [0.25, 0.3) is 0 Å². The normalized spacial score (nSPS) is 12.3. The number of ketones is 1. The molecule has 31 heavy (non-hydrogen) atoms. The molecule has 6 nitrogen and oxygen atoms in total. The van der Waals surface area contributed by atoms with Gasteiger partial charge in [0.1, 0.15) is 34.6 Å². The van der Waals surface area contributed by atoms with E-state index >= 15 is 0 Å². The second-order valence-electron chi connectivity index (χ2n) is 6.51. The zero-order chi connectivity index (χ0) is 21.7. The van der Waals surface area contributed by atoms with Crippen molar-refractivity contribution in [1.29, 1.82) is 15.8 Å². The molecule has 1 heterocycles. The summed E-state index contributed by atoms with van der Waals surface area (Å²) in [5, 5.41) is 43.6. The number of nitrogens with zero attached hydrogens (tertiary/aromatic N) is 3. The number of fused-ring (bicyclic) bond motifs is 1. The van der Waals surface area contributed by atoms with Gasteiger partial charge in [-0.05, 0) is 55.5 Å². The Morgan fingerprint density at radius 2 is 1.77 bits per heavy atom. The Labute approximate surface area is 225 Å². The Morgan fingerprint density at radius 1 is 1.13 bits per heavy atom. The molecule has 0 saturated heterocycles. The average molecular weight is 457 g/mol. The van der Waals surface area contributed by atoms with Crippen molar-refractivity contribution in [2.45, 2.75) is 25.7 Å². The molecule has 0 radical (unpaired) electrons. The van der Waals surface area contributed by atoms with Crippen molar-refractivity contribution >= 4 is 22.1 Å². The van der Waals surface area contributed by atoms with Crippen molar-refractivity contribution in [1.82, 2.24) is 0 Å². The van der Waals surface area contributed by atoms with E-state index in [1.165, 1.54) is 35.6 Å². The molecular formula is C22H14FKN4O2S. The molecule has 0 aliphatic heterocycles.